The monoisotopic (exact) mass is 273 g/mol. The summed E-state index contributed by atoms with van der Waals surface area (Å²) >= 11 is 1.74. The minimum atomic E-state index is 0.568. The topological polar surface area (TPSA) is 51.8 Å². The largest absolute Gasteiger partial charge is 0.384 e. The van der Waals surface area contributed by atoms with Gasteiger partial charge in [-0.25, -0.2) is 9.97 Å². The number of thioether (sulfide) groups is 1. The molecule has 100 valence electrons. The van der Waals surface area contributed by atoms with E-state index in [1.165, 1.54) is 10.5 Å². The molecule has 0 aliphatic carbocycles. The van der Waals surface area contributed by atoms with Gasteiger partial charge in [0.15, 0.2) is 0 Å². The number of hydrogen-bond acceptors (Lipinski definition) is 4. The van der Waals surface area contributed by atoms with E-state index in [1.54, 1.807) is 11.8 Å². The number of aromatic nitrogens is 2. The second kappa shape index (κ2) is 6.57. The van der Waals surface area contributed by atoms with Gasteiger partial charge in [0.2, 0.25) is 0 Å². The molecule has 2 aromatic rings. The van der Waals surface area contributed by atoms with Gasteiger partial charge in [0.05, 0.1) is 5.75 Å². The number of benzene rings is 1. The number of nitrogens with zero attached hydrogens (tertiary/aromatic N) is 2. The molecule has 1 heterocycles. The number of rotatable bonds is 5. The summed E-state index contributed by atoms with van der Waals surface area (Å²) in [6.45, 7) is 4.24. The molecule has 1 aromatic carbocycles. The third kappa shape index (κ3) is 4.24. The Kier molecular flexibility index (Phi) is 4.80. The maximum Gasteiger partial charge on any atom is 0.141 e. The van der Waals surface area contributed by atoms with Gasteiger partial charge in [-0.15, -0.1) is 11.8 Å². The number of nitrogens with two attached hydrogens (primary N) is 1. The van der Waals surface area contributed by atoms with Gasteiger partial charge < -0.3 is 5.73 Å². The van der Waals surface area contributed by atoms with Crippen LogP contribution in [0.25, 0.3) is 0 Å². The zero-order chi connectivity index (χ0) is 13.7. The Hall–Kier alpha value is -1.55. The molecule has 0 unspecified atom stereocenters. The Morgan fingerprint density at radius 2 is 2.05 bits per heavy atom. The van der Waals surface area contributed by atoms with Gasteiger partial charge in [-0.05, 0) is 25.5 Å². The smallest absolute Gasteiger partial charge is 0.141 e. The molecule has 0 aliphatic heterocycles. The molecular weight excluding hydrogens is 254 g/mol. The molecule has 3 nitrogen and oxygen atoms in total. The van der Waals surface area contributed by atoms with Gasteiger partial charge in [0.1, 0.15) is 11.6 Å². The van der Waals surface area contributed by atoms with Crippen LogP contribution in [0.3, 0.4) is 0 Å². The zero-order valence-electron chi connectivity index (χ0n) is 11.4. The second-order valence-electron chi connectivity index (χ2n) is 4.56. The first-order chi connectivity index (χ1) is 9.17. The van der Waals surface area contributed by atoms with E-state index in [4.69, 9.17) is 5.73 Å². The van der Waals surface area contributed by atoms with Crippen molar-refractivity contribution < 1.29 is 0 Å². The van der Waals surface area contributed by atoms with E-state index in [1.807, 2.05) is 6.07 Å². The van der Waals surface area contributed by atoms with Crippen molar-refractivity contribution >= 4 is 17.6 Å². The quantitative estimate of drug-likeness (QED) is 0.845. The normalized spacial score (nSPS) is 10.6. The van der Waals surface area contributed by atoms with Gasteiger partial charge in [0, 0.05) is 16.7 Å². The predicted molar refractivity (Wildman–Crippen MR) is 81.2 cm³/mol. The second-order valence-corrected chi connectivity index (χ2v) is 5.60. The van der Waals surface area contributed by atoms with E-state index in [2.05, 4.69) is 48.1 Å². The zero-order valence-corrected chi connectivity index (χ0v) is 12.2. The highest BCUT2D eigenvalue weighted by Crippen LogP contribution is 2.22. The van der Waals surface area contributed by atoms with Crippen LogP contribution in [0.15, 0.2) is 35.2 Å². The molecule has 0 radical (unpaired) electrons. The molecule has 0 bridgehead atoms. The highest BCUT2D eigenvalue weighted by Gasteiger charge is 2.04. The molecule has 0 aliphatic rings. The maximum atomic E-state index is 5.82. The van der Waals surface area contributed by atoms with Crippen molar-refractivity contribution in [1.29, 1.82) is 0 Å². The van der Waals surface area contributed by atoms with Crippen LogP contribution in [0.4, 0.5) is 5.82 Å². The average Bonchev–Trinajstić information content (AvgIpc) is 2.36. The Morgan fingerprint density at radius 3 is 2.79 bits per heavy atom. The lowest BCUT2D eigenvalue weighted by molar-refractivity contribution is 0.856. The van der Waals surface area contributed by atoms with Crippen LogP contribution < -0.4 is 5.73 Å². The van der Waals surface area contributed by atoms with Crippen molar-refractivity contribution in [2.24, 2.45) is 0 Å². The highest BCUT2D eigenvalue weighted by atomic mass is 32.2. The summed E-state index contributed by atoms with van der Waals surface area (Å²) in [5.74, 6) is 2.14. The summed E-state index contributed by atoms with van der Waals surface area (Å²) in [4.78, 5) is 10.1. The molecule has 19 heavy (non-hydrogen) atoms. The van der Waals surface area contributed by atoms with Crippen LogP contribution in [-0.4, -0.2) is 9.97 Å². The summed E-state index contributed by atoms with van der Waals surface area (Å²) in [7, 11) is 0. The first kappa shape index (κ1) is 13.9. The Labute approximate surface area is 118 Å². The summed E-state index contributed by atoms with van der Waals surface area (Å²) < 4.78 is 0. The Balaban J connectivity index is 2.06. The van der Waals surface area contributed by atoms with E-state index < -0.39 is 0 Å². The number of aryl methyl sites for hydroxylation is 2. The van der Waals surface area contributed by atoms with E-state index in [-0.39, 0.29) is 0 Å². The van der Waals surface area contributed by atoms with Crippen molar-refractivity contribution in [2.45, 2.75) is 37.3 Å². The molecule has 0 saturated heterocycles. The van der Waals surface area contributed by atoms with E-state index in [9.17, 15) is 0 Å². The summed E-state index contributed by atoms with van der Waals surface area (Å²) in [6.07, 6.45) is 2.02. The average molecular weight is 273 g/mol. The van der Waals surface area contributed by atoms with Gasteiger partial charge in [0.25, 0.3) is 0 Å². The lowest BCUT2D eigenvalue weighted by Gasteiger charge is -2.05. The lowest BCUT2D eigenvalue weighted by Crippen LogP contribution is -2.02. The first-order valence-electron chi connectivity index (χ1n) is 6.49. The van der Waals surface area contributed by atoms with Crippen molar-refractivity contribution in [3.8, 4) is 0 Å². The highest BCUT2D eigenvalue weighted by molar-refractivity contribution is 7.98. The van der Waals surface area contributed by atoms with Crippen molar-refractivity contribution in [3.05, 3.63) is 47.4 Å². The molecule has 0 amide bonds. The van der Waals surface area contributed by atoms with Gasteiger partial charge in [-0.3, -0.25) is 0 Å². The minimum Gasteiger partial charge on any atom is -0.384 e. The van der Waals surface area contributed by atoms with E-state index in [0.29, 0.717) is 5.82 Å². The van der Waals surface area contributed by atoms with Crippen LogP contribution in [0.2, 0.25) is 0 Å². The molecule has 1 aromatic heterocycles. The van der Waals surface area contributed by atoms with Gasteiger partial charge in [-0.1, -0.05) is 31.0 Å². The van der Waals surface area contributed by atoms with Gasteiger partial charge in [-0.2, -0.15) is 0 Å². The standard InChI is InChI=1S/C15H19N3S/c1-3-5-12-9-14(16)18-15(17-12)10-19-13-7-4-6-11(2)8-13/h4,6-9H,3,5,10H2,1-2H3,(H2,16,17,18). The minimum absolute atomic E-state index is 0.568. The lowest BCUT2D eigenvalue weighted by atomic mass is 10.2. The summed E-state index contributed by atoms with van der Waals surface area (Å²) in [6, 6.07) is 10.3. The SMILES string of the molecule is CCCc1cc(N)nc(CSc2cccc(C)c2)n1. The molecule has 0 atom stereocenters. The predicted octanol–water partition coefficient (Wildman–Crippen LogP) is 3.61. The van der Waals surface area contributed by atoms with E-state index >= 15 is 0 Å². The number of anilines is 1. The van der Waals surface area contributed by atoms with Crippen LogP contribution in [0.5, 0.6) is 0 Å². The van der Waals surface area contributed by atoms with Crippen LogP contribution in [-0.2, 0) is 12.2 Å². The fourth-order valence-corrected chi connectivity index (χ4v) is 2.75. The van der Waals surface area contributed by atoms with Crippen molar-refractivity contribution in [3.63, 3.8) is 0 Å². The molecule has 0 saturated carbocycles. The summed E-state index contributed by atoms with van der Waals surface area (Å²) in [5.41, 5.74) is 8.13. The molecule has 0 fully saturated rings. The van der Waals surface area contributed by atoms with Gasteiger partial charge >= 0.3 is 0 Å². The van der Waals surface area contributed by atoms with Crippen molar-refractivity contribution in [2.75, 3.05) is 5.73 Å². The third-order valence-corrected chi connectivity index (χ3v) is 3.70. The van der Waals surface area contributed by atoms with E-state index in [0.717, 1.165) is 30.1 Å². The fraction of sp³-hybridized carbons (Fsp3) is 0.333. The molecule has 4 heteroatoms. The fourth-order valence-electron chi connectivity index (χ4n) is 1.88. The number of nitrogen functional groups attached to an aromatic ring is 1. The van der Waals surface area contributed by atoms with Crippen LogP contribution >= 0.6 is 11.8 Å². The number of hydrogen-bond donors (Lipinski definition) is 1. The van der Waals surface area contributed by atoms with Crippen molar-refractivity contribution in [1.82, 2.24) is 9.97 Å². The first-order valence-corrected chi connectivity index (χ1v) is 7.47. The molecule has 2 N–H and O–H groups in total. The molecular formula is C15H19N3S. The van der Waals surface area contributed by atoms with Crippen LogP contribution in [0, 0.1) is 6.92 Å². The Bertz CT molecular complexity index is 555. The summed E-state index contributed by atoms with van der Waals surface area (Å²) in [5, 5.41) is 0. The van der Waals surface area contributed by atoms with Crippen LogP contribution in [0.1, 0.15) is 30.4 Å². The Morgan fingerprint density at radius 1 is 1.21 bits per heavy atom. The third-order valence-electron chi connectivity index (χ3n) is 2.71. The maximum absolute atomic E-state index is 5.82. The molecule has 2 rings (SSSR count). The molecule has 0 spiro atoms.